The molecule has 0 saturated carbocycles. The van der Waals surface area contributed by atoms with Crippen molar-refractivity contribution >= 4 is 22.8 Å². The third kappa shape index (κ3) is 4.76. The summed E-state index contributed by atoms with van der Waals surface area (Å²) in [7, 11) is 0. The summed E-state index contributed by atoms with van der Waals surface area (Å²) >= 11 is 0. The highest BCUT2D eigenvalue weighted by Gasteiger charge is 2.19. The van der Waals surface area contributed by atoms with Gasteiger partial charge in [0.2, 0.25) is 0 Å². The van der Waals surface area contributed by atoms with Gasteiger partial charge in [0.05, 0.1) is 0 Å². The van der Waals surface area contributed by atoms with Crippen LogP contribution in [0.3, 0.4) is 0 Å². The minimum atomic E-state index is -0.836. The van der Waals surface area contributed by atoms with Gasteiger partial charge >= 0.3 is 11.6 Å². The molecule has 30 heavy (non-hydrogen) atoms. The molecule has 156 valence electrons. The number of ether oxygens (including phenoxy) is 1. The minimum Gasteiger partial charge on any atom is -0.459 e. The van der Waals surface area contributed by atoms with Crippen molar-refractivity contribution in [1.82, 2.24) is 5.32 Å². The Morgan fingerprint density at radius 1 is 1.07 bits per heavy atom. The number of carbonyl (C=O) groups is 2. The van der Waals surface area contributed by atoms with E-state index < -0.39 is 17.6 Å². The Labute approximate surface area is 174 Å². The largest absolute Gasteiger partial charge is 0.459 e. The fourth-order valence-electron chi connectivity index (χ4n) is 3.34. The van der Waals surface area contributed by atoms with Crippen molar-refractivity contribution in [2.45, 2.75) is 46.3 Å². The average Bonchev–Trinajstić information content (AvgIpc) is 2.71. The van der Waals surface area contributed by atoms with Gasteiger partial charge in [-0.2, -0.15) is 0 Å². The second-order valence-electron chi connectivity index (χ2n) is 7.62. The normalized spacial score (nSPS) is 12.0. The summed E-state index contributed by atoms with van der Waals surface area (Å²) in [5, 5.41) is 3.35. The van der Waals surface area contributed by atoms with E-state index >= 15 is 0 Å². The summed E-state index contributed by atoms with van der Waals surface area (Å²) in [5.41, 5.74) is 3.15. The maximum absolute atomic E-state index is 12.4. The Bertz CT molecular complexity index is 1130. The van der Waals surface area contributed by atoms with Gasteiger partial charge in [-0.05, 0) is 55.2 Å². The first kappa shape index (κ1) is 21.3. The van der Waals surface area contributed by atoms with E-state index in [0.29, 0.717) is 22.6 Å². The molecule has 2 aromatic carbocycles. The van der Waals surface area contributed by atoms with E-state index in [1.807, 2.05) is 19.1 Å². The molecule has 0 fully saturated rings. The Morgan fingerprint density at radius 2 is 1.77 bits per heavy atom. The van der Waals surface area contributed by atoms with Crippen LogP contribution in [0.2, 0.25) is 0 Å². The van der Waals surface area contributed by atoms with Crippen LogP contribution in [0.1, 0.15) is 53.7 Å². The zero-order valence-corrected chi connectivity index (χ0v) is 17.5. The number of aryl methyl sites for hydroxylation is 1. The van der Waals surface area contributed by atoms with E-state index in [1.54, 1.807) is 37.3 Å². The van der Waals surface area contributed by atoms with E-state index in [1.165, 1.54) is 6.07 Å². The molecule has 1 unspecified atom stereocenters. The minimum absolute atomic E-state index is 0.0902. The van der Waals surface area contributed by atoms with Crippen LogP contribution < -0.4 is 10.9 Å². The lowest BCUT2D eigenvalue weighted by Gasteiger charge is -2.15. The van der Waals surface area contributed by atoms with Crippen LogP contribution >= 0.6 is 0 Å². The lowest BCUT2D eigenvalue weighted by Crippen LogP contribution is -2.39. The Morgan fingerprint density at radius 3 is 2.43 bits per heavy atom. The summed E-state index contributed by atoms with van der Waals surface area (Å²) < 4.78 is 10.7. The van der Waals surface area contributed by atoms with Crippen LogP contribution in [0, 0.1) is 6.92 Å². The van der Waals surface area contributed by atoms with E-state index in [4.69, 9.17) is 9.15 Å². The maximum atomic E-state index is 12.4. The van der Waals surface area contributed by atoms with Gasteiger partial charge < -0.3 is 14.5 Å². The summed E-state index contributed by atoms with van der Waals surface area (Å²) in [4.78, 5) is 36.6. The van der Waals surface area contributed by atoms with Crippen molar-refractivity contribution < 1.29 is 18.7 Å². The third-order valence-corrected chi connectivity index (χ3v) is 4.95. The molecule has 6 nitrogen and oxygen atoms in total. The molecule has 0 spiro atoms. The quantitative estimate of drug-likeness (QED) is 0.491. The van der Waals surface area contributed by atoms with E-state index in [0.717, 1.165) is 16.5 Å². The van der Waals surface area contributed by atoms with Crippen LogP contribution in [-0.2, 0) is 16.1 Å². The highest BCUT2D eigenvalue weighted by atomic mass is 16.5. The number of amides is 1. The molecule has 1 amide bonds. The van der Waals surface area contributed by atoms with Crippen LogP contribution in [0.4, 0.5) is 0 Å². The predicted octanol–water partition coefficient (Wildman–Crippen LogP) is 4.09. The zero-order valence-electron chi connectivity index (χ0n) is 17.5. The van der Waals surface area contributed by atoms with Crippen LogP contribution in [0.5, 0.6) is 0 Å². The van der Waals surface area contributed by atoms with Crippen LogP contribution in [0.15, 0.2) is 57.7 Å². The molecule has 1 N–H and O–H groups in total. The number of nitrogens with one attached hydrogen (secondary N) is 1. The number of fused-ring (bicyclic) bond motifs is 1. The number of esters is 1. The Kier molecular flexibility index (Phi) is 6.35. The van der Waals surface area contributed by atoms with Gasteiger partial charge in [0.25, 0.3) is 5.91 Å². The van der Waals surface area contributed by atoms with Gasteiger partial charge in [0.15, 0.2) is 0 Å². The molecule has 3 aromatic rings. The molecule has 0 aliphatic heterocycles. The van der Waals surface area contributed by atoms with Crippen molar-refractivity contribution in [3.8, 4) is 0 Å². The standard InChI is InChI=1S/C24H25NO5/c1-14(2)19-12-20-18(11-22(26)30-21(20)10-15(19)3)13-29-24(28)16(4)25-23(27)17-8-6-5-7-9-17/h5-12,14,16H,13H2,1-4H3,(H,25,27). The van der Waals surface area contributed by atoms with Crippen molar-refractivity contribution in [1.29, 1.82) is 0 Å². The van der Waals surface area contributed by atoms with Crippen molar-refractivity contribution in [2.75, 3.05) is 0 Å². The monoisotopic (exact) mass is 407 g/mol. The number of rotatable bonds is 6. The van der Waals surface area contributed by atoms with Gasteiger partial charge in [-0.1, -0.05) is 32.0 Å². The van der Waals surface area contributed by atoms with Crippen molar-refractivity contribution in [3.05, 3.63) is 81.2 Å². The molecular formula is C24H25NO5. The van der Waals surface area contributed by atoms with Crippen LogP contribution in [-0.4, -0.2) is 17.9 Å². The molecule has 1 heterocycles. The van der Waals surface area contributed by atoms with E-state index in [-0.39, 0.29) is 12.5 Å². The molecular weight excluding hydrogens is 382 g/mol. The highest BCUT2D eigenvalue weighted by Crippen LogP contribution is 2.27. The fraction of sp³-hybridized carbons (Fsp3) is 0.292. The zero-order chi connectivity index (χ0) is 21.8. The highest BCUT2D eigenvalue weighted by molar-refractivity contribution is 5.96. The molecule has 1 atom stereocenters. The molecule has 1 aromatic heterocycles. The predicted molar refractivity (Wildman–Crippen MR) is 114 cm³/mol. The van der Waals surface area contributed by atoms with E-state index in [2.05, 4.69) is 19.2 Å². The second-order valence-corrected chi connectivity index (χ2v) is 7.62. The number of hydrogen-bond donors (Lipinski definition) is 1. The molecule has 0 bridgehead atoms. The number of benzene rings is 2. The summed E-state index contributed by atoms with van der Waals surface area (Å²) in [6.07, 6.45) is 0. The first-order valence-electron chi connectivity index (χ1n) is 9.86. The molecule has 0 aliphatic rings. The number of carbonyl (C=O) groups excluding carboxylic acids is 2. The Balaban J connectivity index is 1.76. The third-order valence-electron chi connectivity index (χ3n) is 4.95. The molecule has 3 rings (SSSR count). The summed E-state index contributed by atoms with van der Waals surface area (Å²) in [6, 6.07) is 12.9. The molecule has 0 saturated heterocycles. The van der Waals surface area contributed by atoms with E-state index in [9.17, 15) is 14.4 Å². The average molecular weight is 407 g/mol. The smallest absolute Gasteiger partial charge is 0.336 e. The molecule has 0 radical (unpaired) electrons. The first-order chi connectivity index (χ1) is 14.3. The summed E-state index contributed by atoms with van der Waals surface area (Å²) in [6.45, 7) is 7.61. The SMILES string of the molecule is Cc1cc2oc(=O)cc(COC(=O)C(C)NC(=O)c3ccccc3)c2cc1C(C)C. The van der Waals surface area contributed by atoms with Gasteiger partial charge in [0.1, 0.15) is 18.2 Å². The molecule has 6 heteroatoms. The molecule has 0 aliphatic carbocycles. The van der Waals surface area contributed by atoms with Crippen molar-refractivity contribution in [3.63, 3.8) is 0 Å². The van der Waals surface area contributed by atoms with Crippen LogP contribution in [0.25, 0.3) is 11.0 Å². The fourth-order valence-corrected chi connectivity index (χ4v) is 3.34. The Hall–Kier alpha value is -3.41. The lowest BCUT2D eigenvalue weighted by molar-refractivity contribution is -0.146. The van der Waals surface area contributed by atoms with Gasteiger partial charge in [-0.3, -0.25) is 4.79 Å². The van der Waals surface area contributed by atoms with Gasteiger partial charge in [0, 0.05) is 22.6 Å². The maximum Gasteiger partial charge on any atom is 0.336 e. The topological polar surface area (TPSA) is 85.6 Å². The lowest BCUT2D eigenvalue weighted by atomic mass is 9.95. The van der Waals surface area contributed by atoms with Gasteiger partial charge in [-0.25, -0.2) is 9.59 Å². The summed E-state index contributed by atoms with van der Waals surface area (Å²) in [5.74, 6) is -0.648. The number of hydrogen-bond acceptors (Lipinski definition) is 5. The van der Waals surface area contributed by atoms with Crippen molar-refractivity contribution in [2.24, 2.45) is 0 Å². The first-order valence-corrected chi connectivity index (χ1v) is 9.86. The second kappa shape index (κ2) is 8.95. The van der Waals surface area contributed by atoms with Gasteiger partial charge in [-0.15, -0.1) is 0 Å².